The summed E-state index contributed by atoms with van der Waals surface area (Å²) in [5, 5.41) is 0. The first kappa shape index (κ1) is 21.9. The molecule has 3 aromatic rings. The molecule has 1 amide bonds. The number of rotatable bonds is 5. The highest BCUT2D eigenvalue weighted by Gasteiger charge is 2.39. The Hall–Kier alpha value is -3.32. The number of nitrogens with zero attached hydrogens (tertiary/aromatic N) is 2. The quantitative estimate of drug-likeness (QED) is 0.568. The fourth-order valence-electron chi connectivity index (χ4n) is 4.36. The lowest BCUT2D eigenvalue weighted by atomic mass is 9.90. The zero-order valence-corrected chi connectivity index (χ0v) is 19.1. The smallest absolute Gasteiger partial charge is 0.258 e. The summed E-state index contributed by atoms with van der Waals surface area (Å²) in [5.74, 6) is 0.553. The molecule has 0 radical (unpaired) electrons. The standard InChI is InChI=1S/C25H26N2O4S/c1-18-17-24(27(32(3,29)30)20-9-5-4-6-10-20)22-11-7-8-12-23(22)26(18)25(28)19-13-15-21(31-2)16-14-19/h4-16,18,24H,17H2,1-3H3. The highest BCUT2D eigenvalue weighted by molar-refractivity contribution is 7.92. The van der Waals surface area contributed by atoms with Crippen molar-refractivity contribution in [3.8, 4) is 5.75 Å². The van der Waals surface area contributed by atoms with Crippen molar-refractivity contribution in [2.75, 3.05) is 22.6 Å². The van der Waals surface area contributed by atoms with Crippen LogP contribution >= 0.6 is 0 Å². The van der Waals surface area contributed by atoms with E-state index in [0.717, 1.165) is 11.3 Å². The first-order chi connectivity index (χ1) is 15.3. The molecule has 32 heavy (non-hydrogen) atoms. The predicted octanol–water partition coefficient (Wildman–Crippen LogP) is 4.64. The van der Waals surface area contributed by atoms with Crippen LogP contribution in [0.15, 0.2) is 78.9 Å². The Balaban J connectivity index is 1.79. The van der Waals surface area contributed by atoms with Crippen LogP contribution in [-0.4, -0.2) is 33.7 Å². The van der Waals surface area contributed by atoms with Gasteiger partial charge in [0.1, 0.15) is 5.75 Å². The maximum Gasteiger partial charge on any atom is 0.258 e. The topological polar surface area (TPSA) is 66.9 Å². The predicted molar refractivity (Wildman–Crippen MR) is 127 cm³/mol. The van der Waals surface area contributed by atoms with Gasteiger partial charge in [0.15, 0.2) is 0 Å². The molecule has 0 N–H and O–H groups in total. The van der Waals surface area contributed by atoms with Crippen LogP contribution < -0.4 is 13.9 Å². The Kier molecular flexibility index (Phi) is 5.93. The van der Waals surface area contributed by atoms with Gasteiger partial charge in [-0.15, -0.1) is 0 Å². The van der Waals surface area contributed by atoms with Gasteiger partial charge in [-0.05, 0) is 61.4 Å². The fraction of sp³-hybridized carbons (Fsp3) is 0.240. The molecule has 1 aliphatic heterocycles. The monoisotopic (exact) mass is 450 g/mol. The summed E-state index contributed by atoms with van der Waals surface area (Å²) in [5.41, 5.74) is 2.69. The van der Waals surface area contributed by atoms with Gasteiger partial charge in [-0.25, -0.2) is 8.42 Å². The Bertz CT molecular complexity index is 1210. The van der Waals surface area contributed by atoms with E-state index in [1.807, 2.05) is 49.4 Å². The molecule has 0 aromatic heterocycles. The normalized spacial score (nSPS) is 18.0. The second kappa shape index (κ2) is 8.67. The van der Waals surface area contributed by atoms with Crippen molar-refractivity contribution in [1.29, 1.82) is 0 Å². The summed E-state index contributed by atoms with van der Waals surface area (Å²) in [6.07, 6.45) is 1.70. The van der Waals surface area contributed by atoms with Gasteiger partial charge >= 0.3 is 0 Å². The van der Waals surface area contributed by atoms with Gasteiger partial charge in [0, 0.05) is 17.3 Å². The molecular formula is C25H26N2O4S. The van der Waals surface area contributed by atoms with Crippen molar-refractivity contribution >= 4 is 27.3 Å². The van der Waals surface area contributed by atoms with Gasteiger partial charge < -0.3 is 9.64 Å². The van der Waals surface area contributed by atoms with Gasteiger partial charge in [0.25, 0.3) is 5.91 Å². The number of methoxy groups -OCH3 is 1. The van der Waals surface area contributed by atoms with E-state index in [1.54, 1.807) is 48.4 Å². The Morgan fingerprint density at radius 2 is 1.59 bits per heavy atom. The van der Waals surface area contributed by atoms with Crippen LogP contribution in [0.5, 0.6) is 5.75 Å². The molecule has 0 fully saturated rings. The molecule has 2 unspecified atom stereocenters. The number of sulfonamides is 1. The average Bonchev–Trinajstić information content (AvgIpc) is 2.79. The number of anilines is 2. The highest BCUT2D eigenvalue weighted by atomic mass is 32.2. The Labute approximate surface area is 189 Å². The van der Waals surface area contributed by atoms with Crippen molar-refractivity contribution in [2.45, 2.75) is 25.4 Å². The maximum absolute atomic E-state index is 13.5. The van der Waals surface area contributed by atoms with Crippen molar-refractivity contribution in [3.63, 3.8) is 0 Å². The van der Waals surface area contributed by atoms with Crippen molar-refractivity contribution in [3.05, 3.63) is 90.0 Å². The summed E-state index contributed by atoms with van der Waals surface area (Å²) in [6.45, 7) is 1.95. The summed E-state index contributed by atoms with van der Waals surface area (Å²) in [4.78, 5) is 15.2. The molecule has 1 aliphatic rings. The van der Waals surface area contributed by atoms with Gasteiger partial charge in [0.05, 0.1) is 25.1 Å². The van der Waals surface area contributed by atoms with Crippen LogP contribution in [0.1, 0.15) is 35.3 Å². The van der Waals surface area contributed by atoms with Crippen LogP contribution in [0.2, 0.25) is 0 Å². The number of carbonyl (C=O) groups excluding carboxylic acids is 1. The SMILES string of the molecule is COc1ccc(C(=O)N2c3ccccc3C(N(c3ccccc3)S(C)(=O)=O)CC2C)cc1. The van der Waals surface area contributed by atoms with Crippen molar-refractivity contribution < 1.29 is 17.9 Å². The first-order valence-electron chi connectivity index (χ1n) is 10.4. The van der Waals surface area contributed by atoms with E-state index >= 15 is 0 Å². The van der Waals surface area contributed by atoms with Crippen LogP contribution in [0.3, 0.4) is 0 Å². The lowest BCUT2D eigenvalue weighted by Gasteiger charge is -2.43. The maximum atomic E-state index is 13.5. The van der Waals surface area contributed by atoms with E-state index in [0.29, 0.717) is 23.4 Å². The van der Waals surface area contributed by atoms with Crippen molar-refractivity contribution in [2.24, 2.45) is 0 Å². The largest absolute Gasteiger partial charge is 0.497 e. The van der Waals surface area contributed by atoms with Crippen LogP contribution in [0, 0.1) is 0 Å². The number of hydrogen-bond acceptors (Lipinski definition) is 4. The van der Waals surface area contributed by atoms with E-state index in [-0.39, 0.29) is 11.9 Å². The lowest BCUT2D eigenvalue weighted by molar-refractivity contribution is 0.0974. The average molecular weight is 451 g/mol. The zero-order chi connectivity index (χ0) is 22.9. The zero-order valence-electron chi connectivity index (χ0n) is 18.3. The van der Waals surface area contributed by atoms with E-state index < -0.39 is 16.1 Å². The Morgan fingerprint density at radius 3 is 2.22 bits per heavy atom. The summed E-state index contributed by atoms with van der Waals surface area (Å²) >= 11 is 0. The number of fused-ring (bicyclic) bond motifs is 1. The van der Waals surface area contributed by atoms with Gasteiger partial charge in [0.2, 0.25) is 10.0 Å². The van der Waals surface area contributed by atoms with E-state index in [1.165, 1.54) is 10.6 Å². The molecule has 4 rings (SSSR count). The number of amides is 1. The van der Waals surface area contributed by atoms with E-state index in [2.05, 4.69) is 0 Å². The minimum atomic E-state index is -3.57. The minimum absolute atomic E-state index is 0.128. The molecule has 166 valence electrons. The molecule has 1 heterocycles. The number of hydrogen-bond donors (Lipinski definition) is 0. The summed E-state index contributed by atoms with van der Waals surface area (Å²) in [6, 6.07) is 23.0. The van der Waals surface area contributed by atoms with Gasteiger partial charge in [-0.3, -0.25) is 9.10 Å². The molecule has 6 nitrogen and oxygen atoms in total. The molecule has 2 atom stereocenters. The molecule has 0 bridgehead atoms. The number of carbonyl (C=O) groups is 1. The number of benzene rings is 3. The van der Waals surface area contributed by atoms with Crippen LogP contribution in [0.25, 0.3) is 0 Å². The molecule has 0 aliphatic carbocycles. The first-order valence-corrected chi connectivity index (χ1v) is 12.3. The molecule has 7 heteroatoms. The third-order valence-electron chi connectivity index (χ3n) is 5.77. The fourth-order valence-corrected chi connectivity index (χ4v) is 5.53. The molecular weight excluding hydrogens is 424 g/mol. The molecule has 0 spiro atoms. The molecule has 0 saturated heterocycles. The summed E-state index contributed by atoms with van der Waals surface area (Å²) < 4.78 is 32.4. The van der Waals surface area contributed by atoms with Crippen LogP contribution in [-0.2, 0) is 10.0 Å². The second-order valence-electron chi connectivity index (χ2n) is 7.96. The van der Waals surface area contributed by atoms with E-state index in [9.17, 15) is 13.2 Å². The van der Waals surface area contributed by atoms with Crippen LogP contribution in [0.4, 0.5) is 11.4 Å². The van der Waals surface area contributed by atoms with Crippen molar-refractivity contribution in [1.82, 2.24) is 0 Å². The van der Waals surface area contributed by atoms with E-state index in [4.69, 9.17) is 4.74 Å². The minimum Gasteiger partial charge on any atom is -0.497 e. The lowest BCUT2D eigenvalue weighted by Crippen LogP contribution is -2.47. The second-order valence-corrected chi connectivity index (χ2v) is 9.82. The third-order valence-corrected chi connectivity index (χ3v) is 6.95. The highest BCUT2D eigenvalue weighted by Crippen LogP contribution is 2.43. The summed E-state index contributed by atoms with van der Waals surface area (Å²) in [7, 11) is -1.98. The number of para-hydroxylation sites is 2. The molecule has 0 saturated carbocycles. The van der Waals surface area contributed by atoms with Gasteiger partial charge in [-0.1, -0.05) is 36.4 Å². The Morgan fingerprint density at radius 1 is 0.969 bits per heavy atom. The van der Waals surface area contributed by atoms with Gasteiger partial charge in [-0.2, -0.15) is 0 Å². The third kappa shape index (κ3) is 4.08. The molecule has 3 aromatic carbocycles. The number of ether oxygens (including phenoxy) is 1.